The fourth-order valence-corrected chi connectivity index (χ4v) is 4.91. The number of rotatable bonds is 10. The number of nitrogens with zero attached hydrogens (tertiary/aromatic N) is 4. The van der Waals surface area contributed by atoms with Crippen molar-refractivity contribution in [2.45, 2.75) is 39.0 Å². The zero-order valence-corrected chi connectivity index (χ0v) is 24.5. The second-order valence-electron chi connectivity index (χ2n) is 10.5. The van der Waals surface area contributed by atoms with Gasteiger partial charge in [-0.15, -0.1) is 0 Å². The summed E-state index contributed by atoms with van der Waals surface area (Å²) in [4.78, 5) is 49.7. The second-order valence-corrected chi connectivity index (χ2v) is 10.5. The standard InChI is InChI=1S/C34H29F3N4O4/c1-22(42)21-45-28-15-13-27(14-16-28)41-32(39-30-8-4-3-7-29(30)33(41)44)23(2)40(20-25-6-5-17-38-19-25)31(43)18-24-9-11-26(12-10-24)34(35,36)37/h3-17,19,23H,18,20-21H2,1-2H3. The maximum atomic E-state index is 14.0. The molecule has 5 aromatic rings. The van der Waals surface area contributed by atoms with E-state index in [0.717, 1.165) is 12.1 Å². The highest BCUT2D eigenvalue weighted by molar-refractivity contribution is 5.80. The first-order chi connectivity index (χ1) is 21.5. The molecule has 3 aromatic carbocycles. The van der Waals surface area contributed by atoms with Crippen LogP contribution in [0.15, 0.2) is 102 Å². The molecule has 0 fully saturated rings. The van der Waals surface area contributed by atoms with Gasteiger partial charge in [-0.2, -0.15) is 13.2 Å². The zero-order valence-electron chi connectivity index (χ0n) is 24.5. The Morgan fingerprint density at radius 3 is 2.29 bits per heavy atom. The van der Waals surface area contributed by atoms with E-state index in [2.05, 4.69) is 4.98 Å². The minimum Gasteiger partial charge on any atom is -0.486 e. The smallest absolute Gasteiger partial charge is 0.416 e. The van der Waals surface area contributed by atoms with Gasteiger partial charge in [0.2, 0.25) is 5.91 Å². The van der Waals surface area contributed by atoms with Crippen LogP contribution in [0.4, 0.5) is 13.2 Å². The Bertz CT molecular complexity index is 1870. The van der Waals surface area contributed by atoms with Crippen LogP contribution in [0, 0.1) is 0 Å². The molecule has 230 valence electrons. The van der Waals surface area contributed by atoms with E-state index in [0.29, 0.717) is 33.5 Å². The van der Waals surface area contributed by atoms with Crippen LogP contribution in [-0.4, -0.2) is 37.7 Å². The number of pyridine rings is 1. The molecule has 0 aliphatic heterocycles. The van der Waals surface area contributed by atoms with Gasteiger partial charge in [-0.1, -0.05) is 30.3 Å². The van der Waals surface area contributed by atoms with Gasteiger partial charge in [-0.25, -0.2) is 4.98 Å². The molecule has 1 amide bonds. The number of halogens is 3. The molecule has 45 heavy (non-hydrogen) atoms. The number of carbonyl (C=O) groups excluding carboxylic acids is 2. The van der Waals surface area contributed by atoms with Crippen LogP contribution in [0.5, 0.6) is 5.75 Å². The monoisotopic (exact) mass is 614 g/mol. The number of fused-ring (bicyclic) bond motifs is 1. The van der Waals surface area contributed by atoms with Crippen LogP contribution in [0.2, 0.25) is 0 Å². The molecular weight excluding hydrogens is 585 g/mol. The normalized spacial score (nSPS) is 12.1. The van der Waals surface area contributed by atoms with Crippen LogP contribution in [0.3, 0.4) is 0 Å². The lowest BCUT2D eigenvalue weighted by atomic mass is 10.1. The number of Topliss-reactive ketones (excluding diaryl/α,β-unsaturated/α-hetero) is 1. The van der Waals surface area contributed by atoms with E-state index in [1.54, 1.807) is 80.0 Å². The Morgan fingerprint density at radius 1 is 0.933 bits per heavy atom. The van der Waals surface area contributed by atoms with Gasteiger partial charge in [0.15, 0.2) is 5.78 Å². The molecule has 2 aromatic heterocycles. The molecule has 0 saturated carbocycles. The third kappa shape index (κ3) is 7.26. The van der Waals surface area contributed by atoms with Crippen LogP contribution in [-0.2, 0) is 28.7 Å². The molecule has 0 saturated heterocycles. The highest BCUT2D eigenvalue weighted by atomic mass is 19.4. The summed E-state index contributed by atoms with van der Waals surface area (Å²) in [7, 11) is 0. The molecule has 1 atom stereocenters. The average molecular weight is 615 g/mol. The number of para-hydroxylation sites is 1. The van der Waals surface area contributed by atoms with Crippen molar-refractivity contribution < 1.29 is 27.5 Å². The third-order valence-electron chi connectivity index (χ3n) is 7.21. The molecule has 5 rings (SSSR count). The van der Waals surface area contributed by atoms with Crippen molar-refractivity contribution in [3.63, 3.8) is 0 Å². The molecule has 8 nitrogen and oxygen atoms in total. The number of ether oxygens (including phenoxy) is 1. The fourth-order valence-electron chi connectivity index (χ4n) is 4.91. The predicted octanol–water partition coefficient (Wildman–Crippen LogP) is 6.10. The number of carbonyl (C=O) groups is 2. The summed E-state index contributed by atoms with van der Waals surface area (Å²) >= 11 is 0. The Morgan fingerprint density at radius 2 is 1.64 bits per heavy atom. The molecule has 1 unspecified atom stereocenters. The van der Waals surface area contributed by atoms with Crippen molar-refractivity contribution in [2.24, 2.45) is 0 Å². The van der Waals surface area contributed by atoms with Gasteiger partial charge >= 0.3 is 6.18 Å². The SMILES string of the molecule is CC(=O)COc1ccc(-n2c(C(C)N(Cc3cccnc3)C(=O)Cc3ccc(C(F)(F)F)cc3)nc3ccccc3c2=O)cc1. The molecule has 0 radical (unpaired) electrons. The van der Waals surface area contributed by atoms with E-state index >= 15 is 0 Å². The Balaban J connectivity index is 1.57. The van der Waals surface area contributed by atoms with E-state index < -0.39 is 17.8 Å². The average Bonchev–Trinajstić information content (AvgIpc) is 3.03. The minimum atomic E-state index is -4.49. The number of hydrogen-bond donors (Lipinski definition) is 0. The minimum absolute atomic E-state index is 0.0938. The van der Waals surface area contributed by atoms with Crippen LogP contribution >= 0.6 is 0 Å². The van der Waals surface area contributed by atoms with Crippen LogP contribution in [0.1, 0.15) is 42.4 Å². The quantitative estimate of drug-likeness (QED) is 0.189. The van der Waals surface area contributed by atoms with Gasteiger partial charge in [0.1, 0.15) is 18.2 Å². The number of hydrogen-bond acceptors (Lipinski definition) is 6. The number of alkyl halides is 3. The van der Waals surface area contributed by atoms with Gasteiger partial charge in [-0.05, 0) is 79.6 Å². The molecule has 0 bridgehead atoms. The van der Waals surface area contributed by atoms with Crippen molar-refractivity contribution in [1.29, 1.82) is 0 Å². The van der Waals surface area contributed by atoms with Gasteiger partial charge in [0.05, 0.1) is 34.6 Å². The molecule has 11 heteroatoms. The first kappa shape index (κ1) is 31.1. The Kier molecular flexibility index (Phi) is 9.08. The summed E-state index contributed by atoms with van der Waals surface area (Å²) in [6, 6.07) is 20.7. The topological polar surface area (TPSA) is 94.4 Å². The van der Waals surface area contributed by atoms with Crippen molar-refractivity contribution in [2.75, 3.05) is 6.61 Å². The number of ketones is 1. The van der Waals surface area contributed by atoms with E-state index in [9.17, 15) is 27.6 Å². The zero-order chi connectivity index (χ0) is 32.1. The lowest BCUT2D eigenvalue weighted by molar-refractivity contribution is -0.137. The summed E-state index contributed by atoms with van der Waals surface area (Å²) in [6.07, 6.45) is -1.45. The van der Waals surface area contributed by atoms with Crippen LogP contribution < -0.4 is 10.3 Å². The summed E-state index contributed by atoms with van der Waals surface area (Å²) in [6.45, 7) is 3.18. The predicted molar refractivity (Wildman–Crippen MR) is 162 cm³/mol. The molecule has 0 N–H and O–H groups in total. The van der Waals surface area contributed by atoms with E-state index in [1.165, 1.54) is 28.5 Å². The van der Waals surface area contributed by atoms with Crippen molar-refractivity contribution in [1.82, 2.24) is 19.4 Å². The Labute approximate surface area is 256 Å². The van der Waals surface area contributed by atoms with Gasteiger partial charge in [0.25, 0.3) is 5.56 Å². The number of benzene rings is 3. The number of aromatic nitrogens is 3. The lowest BCUT2D eigenvalue weighted by Gasteiger charge is -2.31. The fraction of sp³-hybridized carbons (Fsp3) is 0.206. The largest absolute Gasteiger partial charge is 0.486 e. The van der Waals surface area contributed by atoms with Crippen LogP contribution in [0.25, 0.3) is 16.6 Å². The molecule has 0 spiro atoms. The summed E-state index contributed by atoms with van der Waals surface area (Å²) < 4.78 is 46.3. The maximum absolute atomic E-state index is 14.0. The van der Waals surface area contributed by atoms with Crippen molar-refractivity contribution in [3.8, 4) is 11.4 Å². The maximum Gasteiger partial charge on any atom is 0.416 e. The van der Waals surface area contributed by atoms with Gasteiger partial charge < -0.3 is 9.64 Å². The highest BCUT2D eigenvalue weighted by Crippen LogP contribution is 2.30. The summed E-state index contributed by atoms with van der Waals surface area (Å²) in [5.41, 5.74) is 0.872. The van der Waals surface area contributed by atoms with Gasteiger partial charge in [-0.3, -0.25) is 23.9 Å². The summed E-state index contributed by atoms with van der Waals surface area (Å²) in [5.74, 6) is 0.198. The number of amides is 1. The lowest BCUT2D eigenvalue weighted by Crippen LogP contribution is -2.38. The molecule has 0 aliphatic carbocycles. The molecule has 0 aliphatic rings. The Hall–Kier alpha value is -5.32. The van der Waals surface area contributed by atoms with Crippen molar-refractivity contribution in [3.05, 3.63) is 130 Å². The first-order valence-electron chi connectivity index (χ1n) is 14.1. The van der Waals surface area contributed by atoms with Crippen molar-refractivity contribution >= 4 is 22.6 Å². The summed E-state index contributed by atoms with van der Waals surface area (Å²) in [5, 5.41) is 0.375. The molecular formula is C34H29F3N4O4. The van der Waals surface area contributed by atoms with Gasteiger partial charge in [0, 0.05) is 18.9 Å². The molecule has 2 heterocycles. The van der Waals surface area contributed by atoms with E-state index in [1.807, 2.05) is 0 Å². The second kappa shape index (κ2) is 13.1. The van der Waals surface area contributed by atoms with E-state index in [-0.39, 0.29) is 42.6 Å². The first-order valence-corrected chi connectivity index (χ1v) is 14.1. The van der Waals surface area contributed by atoms with E-state index in [4.69, 9.17) is 9.72 Å². The third-order valence-corrected chi connectivity index (χ3v) is 7.21. The highest BCUT2D eigenvalue weighted by Gasteiger charge is 2.31.